The summed E-state index contributed by atoms with van der Waals surface area (Å²) in [4.78, 5) is 11.4. The molecule has 0 atom stereocenters. The Bertz CT molecular complexity index is 365. The molecule has 1 fully saturated rings. The summed E-state index contributed by atoms with van der Waals surface area (Å²) in [5.74, 6) is 0.0853. The minimum absolute atomic E-state index is 0.0853. The number of aryl methyl sites for hydroxylation is 1. The van der Waals surface area contributed by atoms with Crippen molar-refractivity contribution < 1.29 is 9.53 Å². The molecule has 1 aromatic heterocycles. The van der Waals surface area contributed by atoms with Crippen molar-refractivity contribution in [2.24, 2.45) is 0 Å². The zero-order chi connectivity index (χ0) is 10.8. The van der Waals surface area contributed by atoms with E-state index >= 15 is 0 Å². The van der Waals surface area contributed by atoms with Crippen molar-refractivity contribution in [1.29, 1.82) is 0 Å². The minimum atomic E-state index is 0.0853. The first-order valence-corrected chi connectivity index (χ1v) is 5.33. The van der Waals surface area contributed by atoms with Crippen LogP contribution in [0.3, 0.4) is 0 Å². The predicted octanol–water partition coefficient (Wildman–Crippen LogP) is 1.75. The summed E-state index contributed by atoms with van der Waals surface area (Å²) in [5.41, 5.74) is 1.63. The molecule has 0 bridgehead atoms. The number of rotatable bonds is 2. The molecular weight excluding hydrogens is 192 g/mol. The SMILES string of the molecule is CC(=O)c1cc(C)nn1C1CCOCC1. The summed E-state index contributed by atoms with van der Waals surface area (Å²) in [5, 5.41) is 4.40. The van der Waals surface area contributed by atoms with E-state index in [4.69, 9.17) is 4.74 Å². The second kappa shape index (κ2) is 4.14. The molecule has 0 aliphatic carbocycles. The van der Waals surface area contributed by atoms with Gasteiger partial charge in [-0.25, -0.2) is 0 Å². The highest BCUT2D eigenvalue weighted by molar-refractivity contribution is 5.92. The summed E-state index contributed by atoms with van der Waals surface area (Å²) < 4.78 is 7.18. The number of hydrogen-bond donors (Lipinski definition) is 0. The lowest BCUT2D eigenvalue weighted by Gasteiger charge is -2.23. The molecule has 0 unspecified atom stereocenters. The lowest BCUT2D eigenvalue weighted by atomic mass is 10.1. The van der Waals surface area contributed by atoms with Gasteiger partial charge in [0.1, 0.15) is 5.69 Å². The first-order chi connectivity index (χ1) is 7.18. The number of hydrogen-bond acceptors (Lipinski definition) is 3. The molecule has 2 rings (SSSR count). The van der Waals surface area contributed by atoms with Crippen LogP contribution < -0.4 is 0 Å². The number of aromatic nitrogens is 2. The highest BCUT2D eigenvalue weighted by atomic mass is 16.5. The van der Waals surface area contributed by atoms with Crippen LogP contribution in [-0.4, -0.2) is 28.8 Å². The molecular formula is C11H16N2O2. The predicted molar refractivity (Wildman–Crippen MR) is 56.1 cm³/mol. The monoisotopic (exact) mass is 208 g/mol. The van der Waals surface area contributed by atoms with Crippen molar-refractivity contribution in [1.82, 2.24) is 9.78 Å². The van der Waals surface area contributed by atoms with Crippen LogP contribution in [0.2, 0.25) is 0 Å². The number of nitrogens with zero attached hydrogens (tertiary/aromatic N) is 2. The summed E-state index contributed by atoms with van der Waals surface area (Å²) in [6, 6.07) is 2.18. The summed E-state index contributed by atoms with van der Waals surface area (Å²) in [7, 11) is 0. The average Bonchev–Trinajstić information content (AvgIpc) is 2.62. The van der Waals surface area contributed by atoms with Crippen LogP contribution >= 0.6 is 0 Å². The highest BCUT2D eigenvalue weighted by Crippen LogP contribution is 2.22. The van der Waals surface area contributed by atoms with Gasteiger partial charge in [0, 0.05) is 20.1 Å². The molecule has 82 valence electrons. The van der Waals surface area contributed by atoms with Crippen molar-refractivity contribution in [2.75, 3.05) is 13.2 Å². The van der Waals surface area contributed by atoms with E-state index in [0.717, 1.165) is 37.4 Å². The lowest BCUT2D eigenvalue weighted by Crippen LogP contribution is -2.23. The second-order valence-electron chi connectivity index (χ2n) is 4.02. The van der Waals surface area contributed by atoms with Gasteiger partial charge in [0.15, 0.2) is 5.78 Å². The number of carbonyl (C=O) groups is 1. The van der Waals surface area contributed by atoms with Gasteiger partial charge in [0.2, 0.25) is 0 Å². The third kappa shape index (κ3) is 2.09. The first kappa shape index (κ1) is 10.4. The van der Waals surface area contributed by atoms with Crippen LogP contribution in [0.5, 0.6) is 0 Å². The molecule has 2 heterocycles. The van der Waals surface area contributed by atoms with Crippen molar-refractivity contribution >= 4 is 5.78 Å². The Labute approximate surface area is 89.2 Å². The topological polar surface area (TPSA) is 44.1 Å². The van der Waals surface area contributed by atoms with Crippen LogP contribution in [0.1, 0.15) is 42.0 Å². The van der Waals surface area contributed by atoms with Gasteiger partial charge in [-0.05, 0) is 25.8 Å². The van der Waals surface area contributed by atoms with Crippen LogP contribution in [0.15, 0.2) is 6.07 Å². The largest absolute Gasteiger partial charge is 0.381 e. The standard InChI is InChI=1S/C11H16N2O2/c1-8-7-11(9(2)14)13(12-8)10-3-5-15-6-4-10/h7,10H,3-6H2,1-2H3. The van der Waals surface area contributed by atoms with E-state index in [1.807, 2.05) is 17.7 Å². The Balaban J connectivity index is 2.28. The Kier molecular flexibility index (Phi) is 2.86. The maximum Gasteiger partial charge on any atom is 0.177 e. The number of Topliss-reactive ketones (excluding diaryl/α,β-unsaturated/α-hetero) is 1. The first-order valence-electron chi connectivity index (χ1n) is 5.33. The van der Waals surface area contributed by atoms with E-state index in [0.29, 0.717) is 6.04 Å². The molecule has 4 nitrogen and oxygen atoms in total. The maximum absolute atomic E-state index is 11.4. The molecule has 0 spiro atoms. The number of ketones is 1. The van der Waals surface area contributed by atoms with Crippen molar-refractivity contribution in [3.8, 4) is 0 Å². The van der Waals surface area contributed by atoms with E-state index in [1.54, 1.807) is 6.92 Å². The van der Waals surface area contributed by atoms with Gasteiger partial charge in [0.25, 0.3) is 0 Å². The summed E-state index contributed by atoms with van der Waals surface area (Å²) >= 11 is 0. The van der Waals surface area contributed by atoms with E-state index < -0.39 is 0 Å². The molecule has 1 aliphatic heterocycles. The van der Waals surface area contributed by atoms with E-state index in [1.165, 1.54) is 0 Å². The number of ether oxygens (including phenoxy) is 1. The molecule has 0 saturated carbocycles. The third-order valence-corrected chi connectivity index (χ3v) is 2.76. The zero-order valence-electron chi connectivity index (χ0n) is 9.19. The van der Waals surface area contributed by atoms with Gasteiger partial charge < -0.3 is 4.74 Å². The maximum atomic E-state index is 11.4. The van der Waals surface area contributed by atoms with Crippen LogP contribution in [0.25, 0.3) is 0 Å². The van der Waals surface area contributed by atoms with Gasteiger partial charge in [-0.3, -0.25) is 9.48 Å². The Hall–Kier alpha value is -1.16. The van der Waals surface area contributed by atoms with E-state index in [2.05, 4.69) is 5.10 Å². The third-order valence-electron chi connectivity index (χ3n) is 2.76. The summed E-state index contributed by atoms with van der Waals surface area (Å²) in [6.45, 7) is 5.04. The van der Waals surface area contributed by atoms with Crippen molar-refractivity contribution in [3.05, 3.63) is 17.5 Å². The van der Waals surface area contributed by atoms with Crippen LogP contribution in [0.4, 0.5) is 0 Å². The van der Waals surface area contributed by atoms with Gasteiger partial charge in [-0.1, -0.05) is 0 Å². The van der Waals surface area contributed by atoms with E-state index in [-0.39, 0.29) is 5.78 Å². The smallest absolute Gasteiger partial charge is 0.177 e. The van der Waals surface area contributed by atoms with Crippen molar-refractivity contribution in [2.45, 2.75) is 32.7 Å². The molecule has 15 heavy (non-hydrogen) atoms. The van der Waals surface area contributed by atoms with Gasteiger partial charge in [-0.2, -0.15) is 5.10 Å². The van der Waals surface area contributed by atoms with Crippen LogP contribution in [-0.2, 0) is 4.74 Å². The van der Waals surface area contributed by atoms with Crippen molar-refractivity contribution in [3.63, 3.8) is 0 Å². The molecule has 1 aromatic rings. The zero-order valence-corrected chi connectivity index (χ0v) is 9.19. The number of carbonyl (C=O) groups excluding carboxylic acids is 1. The normalized spacial score (nSPS) is 18.0. The molecule has 1 saturated heterocycles. The molecule has 0 aromatic carbocycles. The molecule has 1 aliphatic rings. The Morgan fingerprint density at radius 2 is 2.20 bits per heavy atom. The highest BCUT2D eigenvalue weighted by Gasteiger charge is 2.20. The van der Waals surface area contributed by atoms with E-state index in [9.17, 15) is 4.79 Å². The molecule has 0 amide bonds. The Morgan fingerprint density at radius 1 is 1.53 bits per heavy atom. The van der Waals surface area contributed by atoms with Gasteiger partial charge in [-0.15, -0.1) is 0 Å². The fourth-order valence-corrected chi connectivity index (χ4v) is 1.99. The lowest BCUT2D eigenvalue weighted by molar-refractivity contribution is 0.0645. The molecule has 0 radical (unpaired) electrons. The fourth-order valence-electron chi connectivity index (χ4n) is 1.99. The fraction of sp³-hybridized carbons (Fsp3) is 0.636. The quantitative estimate of drug-likeness (QED) is 0.695. The molecule has 4 heteroatoms. The average molecular weight is 208 g/mol. The summed E-state index contributed by atoms with van der Waals surface area (Å²) in [6.07, 6.45) is 1.89. The Morgan fingerprint density at radius 3 is 2.80 bits per heavy atom. The van der Waals surface area contributed by atoms with Gasteiger partial charge in [0.05, 0.1) is 11.7 Å². The van der Waals surface area contributed by atoms with Gasteiger partial charge >= 0.3 is 0 Å². The molecule has 0 N–H and O–H groups in total. The second-order valence-corrected chi connectivity index (χ2v) is 4.02. The van der Waals surface area contributed by atoms with Crippen LogP contribution in [0, 0.1) is 6.92 Å². The minimum Gasteiger partial charge on any atom is -0.381 e.